The first-order valence-corrected chi connectivity index (χ1v) is 5.05. The molecule has 1 amide bonds. The lowest BCUT2D eigenvalue weighted by Crippen LogP contribution is -2.58. The Kier molecular flexibility index (Phi) is 2.34. The Morgan fingerprint density at radius 3 is 2.00 bits per heavy atom. The van der Waals surface area contributed by atoms with Gasteiger partial charge < -0.3 is 15.1 Å². The predicted molar refractivity (Wildman–Crippen MR) is 46.9 cm³/mol. The van der Waals surface area contributed by atoms with Crippen LogP contribution in [0.25, 0.3) is 0 Å². The Labute approximate surface area is 89.7 Å². The molecular formula is C9H12F3NO3. The number of halogens is 3. The second-order valence-corrected chi connectivity index (χ2v) is 4.51. The lowest BCUT2D eigenvalue weighted by atomic mass is 9.86. The van der Waals surface area contributed by atoms with Crippen molar-refractivity contribution in [3.8, 4) is 0 Å². The molecule has 2 rings (SSSR count). The molecule has 2 bridgehead atoms. The highest BCUT2D eigenvalue weighted by atomic mass is 19.4. The van der Waals surface area contributed by atoms with E-state index in [1.165, 1.54) is 0 Å². The van der Waals surface area contributed by atoms with Crippen molar-refractivity contribution in [1.29, 1.82) is 0 Å². The molecule has 0 radical (unpaired) electrons. The molecule has 3 atom stereocenters. The number of carbonyl (C=O) groups is 1. The van der Waals surface area contributed by atoms with E-state index in [1.54, 1.807) is 0 Å². The van der Waals surface area contributed by atoms with Gasteiger partial charge in [-0.15, -0.1) is 0 Å². The largest absolute Gasteiger partial charge is 0.465 e. The van der Waals surface area contributed by atoms with E-state index in [0.29, 0.717) is 12.8 Å². The molecule has 2 aliphatic heterocycles. The fourth-order valence-electron chi connectivity index (χ4n) is 2.77. The van der Waals surface area contributed by atoms with Crippen LogP contribution in [-0.4, -0.2) is 45.1 Å². The first kappa shape index (κ1) is 11.5. The van der Waals surface area contributed by atoms with Crippen molar-refractivity contribution in [1.82, 2.24) is 4.90 Å². The monoisotopic (exact) mass is 239 g/mol. The minimum absolute atomic E-state index is 0.398. The van der Waals surface area contributed by atoms with Gasteiger partial charge in [-0.25, -0.2) is 4.79 Å². The van der Waals surface area contributed by atoms with E-state index < -0.39 is 42.8 Å². The number of piperidine rings is 1. The van der Waals surface area contributed by atoms with Crippen molar-refractivity contribution in [3.05, 3.63) is 0 Å². The fourth-order valence-corrected chi connectivity index (χ4v) is 2.77. The summed E-state index contributed by atoms with van der Waals surface area (Å²) >= 11 is 0. The minimum atomic E-state index is -4.68. The average molecular weight is 239 g/mol. The van der Waals surface area contributed by atoms with Crippen LogP contribution in [0.2, 0.25) is 0 Å². The molecular weight excluding hydrogens is 227 g/mol. The van der Waals surface area contributed by atoms with Crippen LogP contribution in [0.3, 0.4) is 0 Å². The van der Waals surface area contributed by atoms with Crippen LogP contribution < -0.4 is 0 Å². The quantitative estimate of drug-likeness (QED) is 0.674. The van der Waals surface area contributed by atoms with Crippen molar-refractivity contribution < 1.29 is 28.2 Å². The molecule has 7 heteroatoms. The number of aliphatic hydroxyl groups is 1. The van der Waals surface area contributed by atoms with Gasteiger partial charge in [0, 0.05) is 24.9 Å². The van der Waals surface area contributed by atoms with Gasteiger partial charge in [0.1, 0.15) is 0 Å². The van der Waals surface area contributed by atoms with Gasteiger partial charge in [0.2, 0.25) is 0 Å². The van der Waals surface area contributed by atoms with Gasteiger partial charge in [-0.3, -0.25) is 0 Å². The normalized spacial score (nSPS) is 38.9. The van der Waals surface area contributed by atoms with Gasteiger partial charge >= 0.3 is 12.3 Å². The van der Waals surface area contributed by atoms with E-state index in [-0.39, 0.29) is 0 Å². The highest BCUT2D eigenvalue weighted by Gasteiger charge is 2.61. The van der Waals surface area contributed by atoms with Crippen molar-refractivity contribution in [2.45, 2.75) is 49.5 Å². The first-order valence-electron chi connectivity index (χ1n) is 5.05. The van der Waals surface area contributed by atoms with E-state index >= 15 is 0 Å². The van der Waals surface area contributed by atoms with E-state index in [2.05, 4.69) is 0 Å². The van der Waals surface area contributed by atoms with Gasteiger partial charge in [-0.1, -0.05) is 0 Å². The Morgan fingerprint density at radius 2 is 1.69 bits per heavy atom. The molecule has 4 nitrogen and oxygen atoms in total. The molecule has 92 valence electrons. The zero-order valence-electron chi connectivity index (χ0n) is 8.37. The maximum Gasteiger partial charge on any atom is 0.417 e. The molecule has 0 spiro atoms. The van der Waals surface area contributed by atoms with Gasteiger partial charge in [-0.2, -0.15) is 13.2 Å². The summed E-state index contributed by atoms with van der Waals surface area (Å²) in [6, 6.07) is -1.41. The van der Waals surface area contributed by atoms with Gasteiger partial charge in [-0.05, 0) is 12.8 Å². The summed E-state index contributed by atoms with van der Waals surface area (Å²) in [7, 11) is 0. The maximum absolute atomic E-state index is 12.6. The van der Waals surface area contributed by atoms with Crippen molar-refractivity contribution in [3.63, 3.8) is 0 Å². The molecule has 1 unspecified atom stereocenters. The lowest BCUT2D eigenvalue weighted by Gasteiger charge is -2.43. The molecule has 0 aromatic carbocycles. The number of amides is 1. The fraction of sp³-hybridized carbons (Fsp3) is 0.889. The number of carboxylic acid groups (broad SMARTS) is 1. The molecule has 16 heavy (non-hydrogen) atoms. The number of rotatable bonds is 0. The summed E-state index contributed by atoms with van der Waals surface area (Å²) in [5.41, 5.74) is -2.72. The van der Waals surface area contributed by atoms with Gasteiger partial charge in [0.25, 0.3) is 0 Å². The highest BCUT2D eigenvalue weighted by Crippen LogP contribution is 2.47. The van der Waals surface area contributed by atoms with Crippen molar-refractivity contribution in [2.75, 3.05) is 0 Å². The molecule has 2 fully saturated rings. The van der Waals surface area contributed by atoms with Crippen molar-refractivity contribution in [2.24, 2.45) is 0 Å². The minimum Gasteiger partial charge on any atom is -0.465 e. The molecule has 2 saturated heterocycles. The van der Waals surface area contributed by atoms with Crippen molar-refractivity contribution >= 4 is 6.09 Å². The SMILES string of the molecule is O=C(O)N1[C@@H]2CC[C@H]1CC(O)(C(F)(F)F)C2. The lowest BCUT2D eigenvalue weighted by molar-refractivity contribution is -0.277. The Morgan fingerprint density at radius 1 is 1.25 bits per heavy atom. The summed E-state index contributed by atoms with van der Waals surface area (Å²) in [6.07, 6.45) is -6.17. The van der Waals surface area contributed by atoms with Crippen LogP contribution in [0.1, 0.15) is 25.7 Å². The third-order valence-corrected chi connectivity index (χ3v) is 3.52. The standard InChI is InChI=1S/C9H12F3NO3/c10-9(11,12)8(16)3-5-1-2-6(4-8)13(5)7(14)15/h5-6,16H,1-4H2,(H,14,15)/t5-,6+,8?. The maximum atomic E-state index is 12.6. The molecule has 2 N–H and O–H groups in total. The van der Waals surface area contributed by atoms with Crippen LogP contribution in [0.15, 0.2) is 0 Å². The topological polar surface area (TPSA) is 60.8 Å². The first-order chi connectivity index (χ1) is 7.24. The molecule has 2 aliphatic rings. The van der Waals surface area contributed by atoms with Crippen LogP contribution in [-0.2, 0) is 0 Å². The number of hydrogen-bond donors (Lipinski definition) is 2. The van der Waals surface area contributed by atoms with E-state index in [4.69, 9.17) is 5.11 Å². The van der Waals surface area contributed by atoms with Crippen LogP contribution in [0, 0.1) is 0 Å². The summed E-state index contributed by atoms with van der Waals surface area (Å²) in [4.78, 5) is 11.9. The number of nitrogens with zero attached hydrogens (tertiary/aromatic N) is 1. The van der Waals surface area contributed by atoms with Crippen LogP contribution in [0.5, 0.6) is 0 Å². The van der Waals surface area contributed by atoms with E-state index in [1.807, 2.05) is 0 Å². The Bertz CT molecular complexity index is 304. The Hall–Kier alpha value is -0.980. The summed E-state index contributed by atoms with van der Waals surface area (Å²) in [6.45, 7) is 0. The van der Waals surface area contributed by atoms with E-state index in [0.717, 1.165) is 4.90 Å². The Balaban J connectivity index is 2.22. The van der Waals surface area contributed by atoms with E-state index in [9.17, 15) is 23.1 Å². The molecule has 0 aromatic rings. The second kappa shape index (κ2) is 3.26. The number of alkyl halides is 3. The van der Waals surface area contributed by atoms with Crippen LogP contribution in [0.4, 0.5) is 18.0 Å². The summed E-state index contributed by atoms with van der Waals surface area (Å²) in [5, 5.41) is 18.4. The van der Waals surface area contributed by atoms with Gasteiger partial charge in [0.05, 0.1) is 0 Å². The summed E-state index contributed by atoms with van der Waals surface area (Å²) < 4.78 is 37.8. The average Bonchev–Trinajstić information content (AvgIpc) is 2.37. The zero-order valence-corrected chi connectivity index (χ0v) is 8.37. The smallest absolute Gasteiger partial charge is 0.417 e. The second-order valence-electron chi connectivity index (χ2n) is 4.51. The number of fused-ring (bicyclic) bond motifs is 2. The zero-order chi connectivity index (χ0) is 12.1. The third-order valence-electron chi connectivity index (χ3n) is 3.52. The predicted octanol–water partition coefficient (Wildman–Crippen LogP) is 1.58. The number of hydrogen-bond acceptors (Lipinski definition) is 2. The van der Waals surface area contributed by atoms with Gasteiger partial charge in [0.15, 0.2) is 5.60 Å². The molecule has 0 saturated carbocycles. The highest BCUT2D eigenvalue weighted by molar-refractivity contribution is 5.66. The molecule has 0 aliphatic carbocycles. The summed E-state index contributed by atoms with van der Waals surface area (Å²) in [5.74, 6) is 0. The van der Waals surface area contributed by atoms with Crippen LogP contribution >= 0.6 is 0 Å². The molecule has 2 heterocycles. The third kappa shape index (κ3) is 1.53. The molecule has 0 aromatic heterocycles.